The van der Waals surface area contributed by atoms with E-state index in [2.05, 4.69) is 0 Å². The lowest BCUT2D eigenvalue weighted by molar-refractivity contribution is 0.00949. The molecule has 1 aliphatic rings. The zero-order valence-electron chi connectivity index (χ0n) is 11.7. The Balaban J connectivity index is 2.06. The van der Waals surface area contributed by atoms with E-state index in [4.69, 9.17) is 16.3 Å². The van der Waals surface area contributed by atoms with Gasteiger partial charge in [-0.15, -0.1) is 0 Å². The van der Waals surface area contributed by atoms with E-state index in [1.54, 1.807) is 38.2 Å². The molecule has 5 heteroatoms. The topological polar surface area (TPSA) is 48.3 Å². The van der Waals surface area contributed by atoms with E-state index in [1.807, 2.05) is 12.1 Å². The van der Waals surface area contributed by atoms with Crippen LogP contribution in [0.25, 0.3) is 0 Å². The third-order valence-electron chi connectivity index (χ3n) is 3.61. The van der Waals surface area contributed by atoms with E-state index in [1.165, 1.54) is 4.57 Å². The van der Waals surface area contributed by atoms with Crippen molar-refractivity contribution in [3.05, 3.63) is 68.6 Å². The van der Waals surface area contributed by atoms with E-state index < -0.39 is 11.6 Å². The van der Waals surface area contributed by atoms with E-state index in [-0.39, 0.29) is 11.1 Å². The summed E-state index contributed by atoms with van der Waals surface area (Å²) in [5.74, 6) is -0.555. The summed E-state index contributed by atoms with van der Waals surface area (Å²) in [6.45, 7) is 3.91. The molecule has 0 amide bonds. The van der Waals surface area contributed by atoms with Crippen LogP contribution in [0, 0.1) is 0 Å². The molecule has 0 bridgehead atoms. The maximum atomic E-state index is 12.5. The first-order valence-electron chi connectivity index (χ1n) is 6.60. The van der Waals surface area contributed by atoms with Gasteiger partial charge in [-0.2, -0.15) is 0 Å². The van der Waals surface area contributed by atoms with Crippen LogP contribution in [-0.4, -0.2) is 10.5 Å². The summed E-state index contributed by atoms with van der Waals surface area (Å²) in [4.78, 5) is 24.4. The number of pyridine rings is 1. The molecule has 1 aromatic heterocycles. The third kappa shape index (κ3) is 2.36. The molecular formula is C16H14ClNO3. The molecule has 0 saturated heterocycles. The van der Waals surface area contributed by atoms with Gasteiger partial charge in [0.1, 0.15) is 11.2 Å². The predicted molar refractivity (Wildman–Crippen MR) is 79.7 cm³/mol. The summed E-state index contributed by atoms with van der Waals surface area (Å²) < 4.78 is 6.74. The van der Waals surface area contributed by atoms with E-state index in [0.29, 0.717) is 17.1 Å². The summed E-state index contributed by atoms with van der Waals surface area (Å²) in [5.41, 5.74) is 0.586. The van der Waals surface area contributed by atoms with E-state index in [9.17, 15) is 9.59 Å². The number of halogens is 1. The third-order valence-corrected chi connectivity index (χ3v) is 3.84. The van der Waals surface area contributed by atoms with Crippen molar-refractivity contribution in [1.82, 2.24) is 4.57 Å². The number of cyclic esters (lactones) is 1. The maximum absolute atomic E-state index is 12.5. The molecule has 0 saturated carbocycles. The largest absolute Gasteiger partial charge is 0.451 e. The van der Waals surface area contributed by atoms with Crippen molar-refractivity contribution in [1.29, 1.82) is 0 Å². The van der Waals surface area contributed by atoms with Crippen LogP contribution in [0.5, 0.6) is 0 Å². The van der Waals surface area contributed by atoms with Gasteiger partial charge in [0.05, 0.1) is 6.54 Å². The SMILES string of the molecule is CC1(C)OC(=O)c2c1ccn(Cc1cccc(Cl)c1)c2=O. The van der Waals surface area contributed by atoms with Gasteiger partial charge in [0.2, 0.25) is 0 Å². The molecule has 108 valence electrons. The lowest BCUT2D eigenvalue weighted by Gasteiger charge is -2.17. The first-order valence-corrected chi connectivity index (χ1v) is 6.98. The van der Waals surface area contributed by atoms with Crippen LogP contribution in [0.3, 0.4) is 0 Å². The molecule has 0 radical (unpaired) electrons. The molecule has 4 nitrogen and oxygen atoms in total. The second-order valence-electron chi connectivity index (χ2n) is 5.57. The summed E-state index contributed by atoms with van der Waals surface area (Å²) in [6, 6.07) is 9.05. The minimum absolute atomic E-state index is 0.129. The van der Waals surface area contributed by atoms with Crippen molar-refractivity contribution in [2.45, 2.75) is 26.0 Å². The van der Waals surface area contributed by atoms with Crippen molar-refractivity contribution in [3.63, 3.8) is 0 Å². The van der Waals surface area contributed by atoms with Gasteiger partial charge in [-0.3, -0.25) is 4.79 Å². The number of esters is 1. The molecule has 3 rings (SSSR count). The zero-order chi connectivity index (χ0) is 15.2. The number of carbonyl (C=O) groups excluding carboxylic acids is 1. The highest BCUT2D eigenvalue weighted by Crippen LogP contribution is 2.33. The molecule has 0 aliphatic carbocycles. The second-order valence-corrected chi connectivity index (χ2v) is 6.00. The van der Waals surface area contributed by atoms with Crippen molar-refractivity contribution in [3.8, 4) is 0 Å². The standard InChI is InChI=1S/C16H14ClNO3/c1-16(2)12-6-7-18(14(19)13(12)15(20)21-16)9-10-4-3-5-11(17)8-10/h3-8H,9H2,1-2H3. The van der Waals surface area contributed by atoms with Crippen LogP contribution in [0.4, 0.5) is 0 Å². The van der Waals surface area contributed by atoms with Crippen molar-refractivity contribution < 1.29 is 9.53 Å². The normalized spacial score (nSPS) is 15.7. The Morgan fingerprint density at radius 2 is 2.00 bits per heavy atom. The molecule has 2 heterocycles. The number of nitrogens with zero attached hydrogens (tertiary/aromatic N) is 1. The maximum Gasteiger partial charge on any atom is 0.345 e. The zero-order valence-corrected chi connectivity index (χ0v) is 12.5. The Bertz CT molecular complexity index is 792. The number of benzene rings is 1. The van der Waals surface area contributed by atoms with Crippen molar-refractivity contribution in [2.24, 2.45) is 0 Å². The average molecular weight is 304 g/mol. The molecule has 1 aromatic carbocycles. The quantitative estimate of drug-likeness (QED) is 0.801. The van der Waals surface area contributed by atoms with Gasteiger partial charge >= 0.3 is 5.97 Å². The number of fused-ring (bicyclic) bond motifs is 1. The number of carbonyl (C=O) groups is 1. The first-order chi connectivity index (χ1) is 9.88. The summed E-state index contributed by atoms with van der Waals surface area (Å²) >= 11 is 5.94. The molecule has 1 aliphatic heterocycles. The summed E-state index contributed by atoms with van der Waals surface area (Å²) in [5, 5.41) is 0.613. The predicted octanol–water partition coefficient (Wildman–Crippen LogP) is 2.96. The lowest BCUT2D eigenvalue weighted by atomic mass is 9.97. The molecule has 0 atom stereocenters. The average Bonchev–Trinajstić information content (AvgIpc) is 2.63. The Morgan fingerprint density at radius 1 is 1.24 bits per heavy atom. The van der Waals surface area contributed by atoms with Crippen LogP contribution in [0.2, 0.25) is 5.02 Å². The van der Waals surface area contributed by atoms with Crippen molar-refractivity contribution in [2.75, 3.05) is 0 Å². The van der Waals surface area contributed by atoms with Crippen LogP contribution in [0.15, 0.2) is 41.3 Å². The highest BCUT2D eigenvalue weighted by Gasteiger charge is 2.40. The fourth-order valence-electron chi connectivity index (χ4n) is 2.57. The van der Waals surface area contributed by atoms with Crippen molar-refractivity contribution >= 4 is 17.6 Å². The Kier molecular flexibility index (Phi) is 3.14. The molecule has 2 aromatic rings. The summed E-state index contributed by atoms with van der Waals surface area (Å²) in [6.07, 6.45) is 1.69. The van der Waals surface area contributed by atoms with Gasteiger partial charge in [-0.05, 0) is 37.6 Å². The van der Waals surface area contributed by atoms with Gasteiger partial charge in [-0.25, -0.2) is 4.79 Å². The minimum atomic E-state index is -0.749. The van der Waals surface area contributed by atoms with Gasteiger partial charge < -0.3 is 9.30 Å². The highest BCUT2D eigenvalue weighted by atomic mass is 35.5. The number of ether oxygens (including phenoxy) is 1. The molecule has 0 N–H and O–H groups in total. The van der Waals surface area contributed by atoms with Gasteiger partial charge in [0.25, 0.3) is 5.56 Å². The molecular weight excluding hydrogens is 290 g/mol. The first kappa shape index (κ1) is 13.9. The number of hydrogen-bond acceptors (Lipinski definition) is 3. The molecule has 0 fully saturated rings. The van der Waals surface area contributed by atoms with Gasteiger partial charge in [-0.1, -0.05) is 23.7 Å². The highest BCUT2D eigenvalue weighted by molar-refractivity contribution is 6.30. The Hall–Kier alpha value is -2.07. The minimum Gasteiger partial charge on any atom is -0.451 e. The van der Waals surface area contributed by atoms with Crippen LogP contribution >= 0.6 is 11.6 Å². The Morgan fingerprint density at radius 3 is 2.71 bits per heavy atom. The van der Waals surface area contributed by atoms with Crippen LogP contribution < -0.4 is 5.56 Å². The fourth-order valence-corrected chi connectivity index (χ4v) is 2.78. The monoisotopic (exact) mass is 303 g/mol. The molecule has 21 heavy (non-hydrogen) atoms. The second kappa shape index (κ2) is 4.74. The molecule has 0 unspecified atom stereocenters. The van der Waals surface area contributed by atoms with Crippen LogP contribution in [0.1, 0.15) is 35.3 Å². The van der Waals surface area contributed by atoms with Crippen LogP contribution in [-0.2, 0) is 16.9 Å². The van der Waals surface area contributed by atoms with Gasteiger partial charge in [0, 0.05) is 16.8 Å². The Labute approximate surface area is 126 Å². The smallest absolute Gasteiger partial charge is 0.345 e. The van der Waals surface area contributed by atoms with E-state index in [0.717, 1.165) is 5.56 Å². The fraction of sp³-hybridized carbons (Fsp3) is 0.250. The van der Waals surface area contributed by atoms with Gasteiger partial charge in [0.15, 0.2) is 0 Å². The number of rotatable bonds is 2. The summed E-state index contributed by atoms with van der Waals surface area (Å²) in [7, 11) is 0. The lowest BCUT2D eigenvalue weighted by Crippen LogP contribution is -2.26. The molecule has 0 spiro atoms. The van der Waals surface area contributed by atoms with E-state index >= 15 is 0 Å². The number of aromatic nitrogens is 1. The number of hydrogen-bond donors (Lipinski definition) is 0.